The Kier molecular flexibility index (Phi) is 3.03. The minimum atomic E-state index is -0.323. The second-order valence-corrected chi connectivity index (χ2v) is 2.90. The van der Waals surface area contributed by atoms with Crippen molar-refractivity contribution in [3.05, 3.63) is 35.4 Å². The Balaban J connectivity index is 0.00000169. The van der Waals surface area contributed by atoms with Crippen LogP contribution in [0.1, 0.15) is 30.3 Å². The minimum absolute atomic E-state index is 0. The molecule has 1 rings (SSSR count). The molecule has 3 heteroatoms. The average Bonchev–Trinajstić information content (AvgIpc) is 2.17. The summed E-state index contributed by atoms with van der Waals surface area (Å²) in [7, 11) is 1.36. The molecule has 13 heavy (non-hydrogen) atoms. The molecule has 0 aliphatic heterocycles. The molecule has 0 saturated heterocycles. The van der Waals surface area contributed by atoms with E-state index in [2.05, 4.69) is 4.74 Å². The third-order valence-corrected chi connectivity index (χ3v) is 1.86. The summed E-state index contributed by atoms with van der Waals surface area (Å²) in [5.41, 5.74) is 7.21. The van der Waals surface area contributed by atoms with Crippen molar-refractivity contribution < 1.29 is 11.0 Å². The summed E-state index contributed by atoms with van der Waals surface area (Å²) in [5, 5.41) is 0. The monoisotopic (exact) mass is 181 g/mol. The van der Waals surface area contributed by atoms with Gasteiger partial charge in [0.25, 0.3) is 0 Å². The maximum atomic E-state index is 11.0. The van der Waals surface area contributed by atoms with E-state index in [1.807, 2.05) is 19.1 Å². The maximum Gasteiger partial charge on any atom is 0.337 e. The van der Waals surface area contributed by atoms with Gasteiger partial charge < -0.3 is 10.5 Å². The maximum absolute atomic E-state index is 11.0. The van der Waals surface area contributed by atoms with Crippen molar-refractivity contribution in [3.63, 3.8) is 0 Å². The lowest BCUT2D eigenvalue weighted by Gasteiger charge is -2.05. The first kappa shape index (κ1) is 9.74. The van der Waals surface area contributed by atoms with Crippen molar-refractivity contribution in [3.8, 4) is 0 Å². The zero-order valence-corrected chi connectivity index (χ0v) is 7.78. The van der Waals surface area contributed by atoms with Crippen LogP contribution in [0.15, 0.2) is 24.3 Å². The molecule has 0 spiro atoms. The standard InChI is InChI=1S/C10H13NO2.H2/c1-7(11)8-3-5-9(6-4-8)10(12)13-2;/h3-7H,11H2,1-2H3;1H/t7-;/m0./s1. The van der Waals surface area contributed by atoms with Crippen molar-refractivity contribution in [2.24, 2.45) is 5.73 Å². The number of rotatable bonds is 2. The van der Waals surface area contributed by atoms with Gasteiger partial charge in [-0.25, -0.2) is 4.79 Å². The fraction of sp³-hybridized carbons (Fsp3) is 0.300. The largest absolute Gasteiger partial charge is 0.465 e. The molecule has 1 atom stereocenters. The smallest absolute Gasteiger partial charge is 0.337 e. The quantitative estimate of drug-likeness (QED) is 0.707. The van der Waals surface area contributed by atoms with E-state index in [9.17, 15) is 4.79 Å². The molecule has 0 unspecified atom stereocenters. The van der Waals surface area contributed by atoms with Gasteiger partial charge >= 0.3 is 5.97 Å². The van der Waals surface area contributed by atoms with E-state index in [4.69, 9.17) is 5.73 Å². The van der Waals surface area contributed by atoms with Crippen LogP contribution in [-0.4, -0.2) is 13.1 Å². The number of carbonyl (C=O) groups excluding carboxylic acids is 1. The van der Waals surface area contributed by atoms with Gasteiger partial charge in [-0.05, 0) is 24.6 Å². The van der Waals surface area contributed by atoms with E-state index in [1.54, 1.807) is 12.1 Å². The molecule has 0 heterocycles. The highest BCUT2D eigenvalue weighted by Gasteiger charge is 2.05. The van der Waals surface area contributed by atoms with Crippen LogP contribution in [0.2, 0.25) is 0 Å². The summed E-state index contributed by atoms with van der Waals surface area (Å²) in [6.07, 6.45) is 0. The molecule has 0 radical (unpaired) electrons. The van der Waals surface area contributed by atoms with E-state index in [0.29, 0.717) is 5.56 Å². The molecule has 1 aromatic carbocycles. The molecule has 3 nitrogen and oxygen atoms in total. The van der Waals surface area contributed by atoms with Crippen LogP contribution in [0, 0.1) is 0 Å². The summed E-state index contributed by atoms with van der Waals surface area (Å²) >= 11 is 0. The molecule has 2 N–H and O–H groups in total. The molecule has 0 bridgehead atoms. The number of carbonyl (C=O) groups is 1. The van der Waals surface area contributed by atoms with E-state index < -0.39 is 0 Å². The molecule has 0 saturated carbocycles. The lowest BCUT2D eigenvalue weighted by molar-refractivity contribution is 0.0600. The SMILES string of the molecule is COC(=O)c1ccc([C@H](C)N)cc1.[HH]. The molecule has 1 aromatic rings. The number of esters is 1. The van der Waals surface area contributed by atoms with Crippen LogP contribution >= 0.6 is 0 Å². The number of ether oxygens (including phenoxy) is 1. The van der Waals surface area contributed by atoms with Crippen LogP contribution in [0.25, 0.3) is 0 Å². The number of methoxy groups -OCH3 is 1. The summed E-state index contributed by atoms with van der Waals surface area (Å²) < 4.78 is 4.57. The van der Waals surface area contributed by atoms with E-state index in [-0.39, 0.29) is 13.4 Å². The fourth-order valence-corrected chi connectivity index (χ4v) is 1.04. The molecular formula is C10H15NO2. The van der Waals surface area contributed by atoms with Gasteiger partial charge in [0, 0.05) is 7.47 Å². The highest BCUT2D eigenvalue weighted by Crippen LogP contribution is 2.11. The van der Waals surface area contributed by atoms with E-state index in [0.717, 1.165) is 5.56 Å². The van der Waals surface area contributed by atoms with Crippen molar-refractivity contribution in [1.29, 1.82) is 0 Å². The van der Waals surface area contributed by atoms with Crippen LogP contribution in [0.4, 0.5) is 0 Å². The van der Waals surface area contributed by atoms with Gasteiger partial charge in [-0.3, -0.25) is 0 Å². The van der Waals surface area contributed by atoms with Gasteiger partial charge in [0.2, 0.25) is 0 Å². The predicted octanol–water partition coefficient (Wildman–Crippen LogP) is 1.74. The molecule has 0 fully saturated rings. The van der Waals surface area contributed by atoms with Gasteiger partial charge in [0.05, 0.1) is 12.7 Å². The Hall–Kier alpha value is -1.35. The molecule has 0 aliphatic rings. The summed E-state index contributed by atoms with van der Waals surface area (Å²) in [6, 6.07) is 7.08. The van der Waals surface area contributed by atoms with Crippen LogP contribution < -0.4 is 5.73 Å². The van der Waals surface area contributed by atoms with Crippen LogP contribution in [-0.2, 0) is 4.74 Å². The van der Waals surface area contributed by atoms with E-state index >= 15 is 0 Å². The van der Waals surface area contributed by atoms with Crippen molar-refractivity contribution >= 4 is 5.97 Å². The number of hydrogen-bond donors (Lipinski definition) is 1. The highest BCUT2D eigenvalue weighted by molar-refractivity contribution is 5.89. The summed E-state index contributed by atoms with van der Waals surface area (Å²) in [4.78, 5) is 11.0. The number of benzene rings is 1. The lowest BCUT2D eigenvalue weighted by Crippen LogP contribution is -2.06. The Bertz CT molecular complexity index is 295. The average molecular weight is 181 g/mol. The molecule has 72 valence electrons. The minimum Gasteiger partial charge on any atom is -0.465 e. The van der Waals surface area contributed by atoms with Gasteiger partial charge in [-0.15, -0.1) is 0 Å². The first-order chi connectivity index (χ1) is 6.15. The zero-order valence-electron chi connectivity index (χ0n) is 7.78. The topological polar surface area (TPSA) is 52.3 Å². The van der Waals surface area contributed by atoms with Gasteiger partial charge in [0.1, 0.15) is 0 Å². The third-order valence-electron chi connectivity index (χ3n) is 1.86. The normalized spacial score (nSPS) is 12.2. The molecular weight excluding hydrogens is 166 g/mol. The third kappa shape index (κ3) is 2.29. The Morgan fingerprint density at radius 1 is 1.46 bits per heavy atom. The molecule has 0 aliphatic carbocycles. The van der Waals surface area contributed by atoms with Crippen molar-refractivity contribution in [1.82, 2.24) is 0 Å². The van der Waals surface area contributed by atoms with Gasteiger partial charge in [-0.1, -0.05) is 12.1 Å². The van der Waals surface area contributed by atoms with Gasteiger partial charge in [-0.2, -0.15) is 0 Å². The number of hydrogen-bond acceptors (Lipinski definition) is 3. The first-order valence-electron chi connectivity index (χ1n) is 4.09. The summed E-state index contributed by atoms with van der Waals surface area (Å²) in [6.45, 7) is 1.90. The molecule has 0 amide bonds. The van der Waals surface area contributed by atoms with Crippen LogP contribution in [0.3, 0.4) is 0 Å². The lowest BCUT2D eigenvalue weighted by atomic mass is 10.1. The number of nitrogens with two attached hydrogens (primary N) is 1. The van der Waals surface area contributed by atoms with Crippen LogP contribution in [0.5, 0.6) is 0 Å². The van der Waals surface area contributed by atoms with E-state index in [1.165, 1.54) is 7.11 Å². The Labute approximate surface area is 79.0 Å². The first-order valence-corrected chi connectivity index (χ1v) is 4.09. The second-order valence-electron chi connectivity index (χ2n) is 2.90. The summed E-state index contributed by atoms with van der Waals surface area (Å²) in [5.74, 6) is -0.323. The fourth-order valence-electron chi connectivity index (χ4n) is 1.04. The Morgan fingerprint density at radius 2 is 2.00 bits per heavy atom. The van der Waals surface area contributed by atoms with Crippen molar-refractivity contribution in [2.45, 2.75) is 13.0 Å². The van der Waals surface area contributed by atoms with Crippen molar-refractivity contribution in [2.75, 3.05) is 7.11 Å². The van der Waals surface area contributed by atoms with Gasteiger partial charge in [0.15, 0.2) is 0 Å². The zero-order chi connectivity index (χ0) is 9.84. The highest BCUT2D eigenvalue weighted by atomic mass is 16.5. The second kappa shape index (κ2) is 4.05. The molecule has 0 aromatic heterocycles. The predicted molar refractivity (Wildman–Crippen MR) is 52.5 cm³/mol. The Morgan fingerprint density at radius 3 is 2.38 bits per heavy atom.